The maximum absolute atomic E-state index is 9.99. The summed E-state index contributed by atoms with van der Waals surface area (Å²) in [6.45, 7) is 3.76. The van der Waals surface area contributed by atoms with Crippen molar-refractivity contribution in [3.05, 3.63) is 78.1 Å². The number of hydrogen-bond donors (Lipinski definition) is 2. The number of nitrogens with one attached hydrogen (secondary N) is 1. The predicted octanol–water partition coefficient (Wildman–Crippen LogP) is 3.42. The molecule has 110 valence electrons. The van der Waals surface area contributed by atoms with Crippen molar-refractivity contribution in [3.63, 3.8) is 0 Å². The van der Waals surface area contributed by atoms with Crippen LogP contribution in [0.4, 0.5) is 0 Å². The van der Waals surface area contributed by atoms with Crippen LogP contribution in [-0.2, 0) is 0 Å². The molecule has 0 spiro atoms. The molecule has 0 aliphatic rings. The molecule has 0 saturated heterocycles. The maximum atomic E-state index is 9.99. The SMILES string of the molecule is C=C/C(Oc1ccc(C#N)cc1)=C(\NC)c1ccccc1O. The summed E-state index contributed by atoms with van der Waals surface area (Å²) < 4.78 is 5.80. The van der Waals surface area contributed by atoms with E-state index in [-0.39, 0.29) is 5.75 Å². The lowest BCUT2D eigenvalue weighted by Gasteiger charge is -2.14. The van der Waals surface area contributed by atoms with E-state index in [2.05, 4.69) is 18.0 Å². The zero-order valence-corrected chi connectivity index (χ0v) is 12.2. The Balaban J connectivity index is 2.40. The van der Waals surface area contributed by atoms with Crippen LogP contribution in [0.2, 0.25) is 0 Å². The fourth-order valence-electron chi connectivity index (χ4n) is 1.99. The van der Waals surface area contributed by atoms with Crippen molar-refractivity contribution in [1.29, 1.82) is 5.26 Å². The number of aromatic hydroxyl groups is 1. The summed E-state index contributed by atoms with van der Waals surface area (Å²) in [7, 11) is 1.74. The fraction of sp³-hybridized carbons (Fsp3) is 0.0556. The van der Waals surface area contributed by atoms with Gasteiger partial charge >= 0.3 is 0 Å². The Morgan fingerprint density at radius 1 is 1.23 bits per heavy atom. The van der Waals surface area contributed by atoms with Crippen LogP contribution in [0, 0.1) is 11.3 Å². The molecule has 4 heteroatoms. The summed E-state index contributed by atoms with van der Waals surface area (Å²) in [5.41, 5.74) is 1.80. The highest BCUT2D eigenvalue weighted by atomic mass is 16.5. The van der Waals surface area contributed by atoms with E-state index in [1.807, 2.05) is 6.07 Å². The molecule has 0 heterocycles. The van der Waals surface area contributed by atoms with E-state index in [4.69, 9.17) is 10.00 Å². The van der Waals surface area contributed by atoms with E-state index in [0.717, 1.165) is 0 Å². The van der Waals surface area contributed by atoms with E-state index in [9.17, 15) is 5.11 Å². The highest BCUT2D eigenvalue weighted by Gasteiger charge is 2.11. The maximum Gasteiger partial charge on any atom is 0.150 e. The number of nitriles is 1. The van der Waals surface area contributed by atoms with Gasteiger partial charge in [0.2, 0.25) is 0 Å². The van der Waals surface area contributed by atoms with Gasteiger partial charge in [-0.15, -0.1) is 0 Å². The van der Waals surface area contributed by atoms with Crippen LogP contribution in [0.3, 0.4) is 0 Å². The fourth-order valence-corrected chi connectivity index (χ4v) is 1.99. The molecule has 0 atom stereocenters. The van der Waals surface area contributed by atoms with Crippen molar-refractivity contribution in [2.75, 3.05) is 7.05 Å². The van der Waals surface area contributed by atoms with Gasteiger partial charge in [-0.2, -0.15) is 5.26 Å². The van der Waals surface area contributed by atoms with Crippen LogP contribution < -0.4 is 10.1 Å². The summed E-state index contributed by atoms with van der Waals surface area (Å²) >= 11 is 0. The lowest BCUT2D eigenvalue weighted by molar-refractivity contribution is 0.442. The highest BCUT2D eigenvalue weighted by molar-refractivity contribution is 5.72. The van der Waals surface area contributed by atoms with Gasteiger partial charge in [0.1, 0.15) is 11.5 Å². The number of rotatable bonds is 5. The molecule has 0 aromatic heterocycles. The second-order valence-electron chi connectivity index (χ2n) is 4.45. The molecule has 4 nitrogen and oxygen atoms in total. The Morgan fingerprint density at radius 2 is 1.91 bits per heavy atom. The van der Waals surface area contributed by atoms with E-state index in [1.54, 1.807) is 55.6 Å². The average Bonchev–Trinajstić information content (AvgIpc) is 2.56. The van der Waals surface area contributed by atoms with Gasteiger partial charge in [-0.3, -0.25) is 0 Å². The lowest BCUT2D eigenvalue weighted by Crippen LogP contribution is -2.10. The number of ether oxygens (including phenoxy) is 1. The molecule has 0 aliphatic heterocycles. The number of phenols is 1. The smallest absolute Gasteiger partial charge is 0.150 e. The second kappa shape index (κ2) is 7.00. The molecular formula is C18H16N2O2. The lowest BCUT2D eigenvalue weighted by atomic mass is 10.1. The van der Waals surface area contributed by atoms with E-state index >= 15 is 0 Å². The molecule has 0 radical (unpaired) electrons. The molecule has 0 fully saturated rings. The number of hydrogen-bond acceptors (Lipinski definition) is 4. The van der Waals surface area contributed by atoms with Crippen LogP contribution in [0.15, 0.2) is 66.9 Å². The predicted molar refractivity (Wildman–Crippen MR) is 86.1 cm³/mol. The molecule has 0 unspecified atom stereocenters. The number of nitrogens with zero attached hydrogens (tertiary/aromatic N) is 1. The summed E-state index contributed by atoms with van der Waals surface area (Å²) in [6.07, 6.45) is 1.57. The highest BCUT2D eigenvalue weighted by Crippen LogP contribution is 2.27. The van der Waals surface area contributed by atoms with Gasteiger partial charge in [0.25, 0.3) is 0 Å². The van der Waals surface area contributed by atoms with Gasteiger partial charge in [-0.05, 0) is 42.5 Å². The van der Waals surface area contributed by atoms with Gasteiger partial charge in [-0.25, -0.2) is 0 Å². The van der Waals surface area contributed by atoms with Crippen LogP contribution >= 0.6 is 0 Å². The minimum Gasteiger partial charge on any atom is -0.507 e. The molecule has 0 bridgehead atoms. The number of allylic oxidation sites excluding steroid dienone is 1. The van der Waals surface area contributed by atoms with Gasteiger partial charge < -0.3 is 15.2 Å². The van der Waals surface area contributed by atoms with Gasteiger partial charge in [0.15, 0.2) is 5.76 Å². The molecule has 0 aliphatic carbocycles. The standard InChI is InChI=1S/C18H16N2O2/c1-3-17(22-14-10-8-13(12-19)9-11-14)18(20-2)15-6-4-5-7-16(15)21/h3-11,20-21H,1H2,2H3/b18-17+. The van der Waals surface area contributed by atoms with Crippen molar-refractivity contribution >= 4 is 5.70 Å². The molecule has 0 amide bonds. The molecule has 2 aromatic carbocycles. The topological polar surface area (TPSA) is 65.3 Å². The minimum atomic E-state index is 0.148. The first-order valence-corrected chi connectivity index (χ1v) is 6.70. The van der Waals surface area contributed by atoms with E-state index in [0.29, 0.717) is 28.3 Å². The number of benzene rings is 2. The molecule has 2 N–H and O–H groups in total. The van der Waals surface area contributed by atoms with Crippen LogP contribution in [0.1, 0.15) is 11.1 Å². The Morgan fingerprint density at radius 3 is 2.45 bits per heavy atom. The first kappa shape index (κ1) is 15.2. The van der Waals surface area contributed by atoms with E-state index in [1.165, 1.54) is 0 Å². The first-order valence-electron chi connectivity index (χ1n) is 6.70. The molecule has 22 heavy (non-hydrogen) atoms. The molecular weight excluding hydrogens is 276 g/mol. The Kier molecular flexibility index (Phi) is 4.84. The third kappa shape index (κ3) is 3.28. The van der Waals surface area contributed by atoms with Gasteiger partial charge in [0, 0.05) is 12.6 Å². The van der Waals surface area contributed by atoms with Crippen LogP contribution in [-0.4, -0.2) is 12.2 Å². The summed E-state index contributed by atoms with van der Waals surface area (Å²) in [4.78, 5) is 0. The van der Waals surface area contributed by atoms with Crippen molar-refractivity contribution in [1.82, 2.24) is 5.32 Å². The van der Waals surface area contributed by atoms with Crippen LogP contribution in [0.5, 0.6) is 11.5 Å². The van der Waals surface area contributed by atoms with Crippen molar-refractivity contribution in [2.24, 2.45) is 0 Å². The van der Waals surface area contributed by atoms with Gasteiger partial charge in [-0.1, -0.05) is 18.7 Å². The zero-order valence-electron chi connectivity index (χ0n) is 12.2. The van der Waals surface area contributed by atoms with Gasteiger partial charge in [0.05, 0.1) is 17.3 Å². The third-order valence-electron chi connectivity index (χ3n) is 3.07. The molecule has 2 aromatic rings. The summed E-state index contributed by atoms with van der Waals surface area (Å²) in [5.74, 6) is 1.21. The monoisotopic (exact) mass is 292 g/mol. The largest absolute Gasteiger partial charge is 0.507 e. The normalized spacial score (nSPS) is 11.1. The van der Waals surface area contributed by atoms with E-state index < -0.39 is 0 Å². The van der Waals surface area contributed by atoms with Crippen molar-refractivity contribution in [2.45, 2.75) is 0 Å². The third-order valence-corrected chi connectivity index (χ3v) is 3.07. The summed E-state index contributed by atoms with van der Waals surface area (Å²) in [6, 6.07) is 15.8. The average molecular weight is 292 g/mol. The quantitative estimate of drug-likeness (QED) is 0.654. The Labute approximate surface area is 129 Å². The second-order valence-corrected chi connectivity index (χ2v) is 4.45. The van der Waals surface area contributed by atoms with Crippen molar-refractivity contribution < 1.29 is 9.84 Å². The summed E-state index contributed by atoms with van der Waals surface area (Å²) in [5, 5.41) is 21.8. The molecule has 0 saturated carbocycles. The Hall–Kier alpha value is -3.19. The number of phenolic OH excluding ortho intramolecular Hbond substituents is 1. The zero-order chi connectivity index (χ0) is 15.9. The number of para-hydroxylation sites is 1. The van der Waals surface area contributed by atoms with Crippen molar-refractivity contribution in [3.8, 4) is 17.6 Å². The Bertz CT molecular complexity index is 740. The first-order chi connectivity index (χ1) is 10.7. The molecule has 2 rings (SSSR count). The van der Waals surface area contributed by atoms with Crippen LogP contribution in [0.25, 0.3) is 5.70 Å². The minimum absolute atomic E-state index is 0.148.